The van der Waals surface area contributed by atoms with Crippen molar-refractivity contribution in [2.45, 2.75) is 6.92 Å². The van der Waals surface area contributed by atoms with Gasteiger partial charge in [0.25, 0.3) is 0 Å². The summed E-state index contributed by atoms with van der Waals surface area (Å²) in [6.45, 7) is 0.820. The van der Waals surface area contributed by atoms with Crippen molar-refractivity contribution in [2.24, 2.45) is 0 Å². The number of nitrogens with one attached hydrogen (secondary N) is 1. The quantitative estimate of drug-likeness (QED) is 0.588. The van der Waals surface area contributed by atoms with Gasteiger partial charge in [0.1, 0.15) is 5.82 Å². The summed E-state index contributed by atoms with van der Waals surface area (Å²) < 4.78 is 66.1. The van der Waals surface area contributed by atoms with Crippen LogP contribution in [0.3, 0.4) is 0 Å². The van der Waals surface area contributed by atoms with Gasteiger partial charge in [-0.15, -0.1) is 0 Å². The molecule has 0 atom stereocenters. The summed E-state index contributed by atoms with van der Waals surface area (Å²) in [4.78, 5) is 10.4. The molecule has 10 nitrogen and oxygen atoms in total. The topological polar surface area (TPSA) is 137 Å². The number of hydrogen-bond acceptors (Lipinski definition) is 10. The van der Waals surface area contributed by atoms with E-state index in [1.165, 1.54) is 6.92 Å². The Balaban J connectivity index is 2.42. The minimum atomic E-state index is -4.16. The molecule has 0 amide bonds. The van der Waals surface area contributed by atoms with E-state index in [1.54, 1.807) is 0 Å². The van der Waals surface area contributed by atoms with Gasteiger partial charge in [0.2, 0.25) is 5.95 Å². The molecule has 1 aromatic heterocycles. The van der Waals surface area contributed by atoms with Gasteiger partial charge in [-0.05, 0) is 6.92 Å². The van der Waals surface area contributed by atoms with E-state index in [4.69, 9.17) is 0 Å². The number of aromatic nitrogens is 3. The molecular formula is C9H15FN4O6S2. The van der Waals surface area contributed by atoms with Crippen LogP contribution >= 0.6 is 0 Å². The van der Waals surface area contributed by atoms with Gasteiger partial charge in [-0.3, -0.25) is 4.18 Å². The van der Waals surface area contributed by atoms with E-state index in [2.05, 4.69) is 28.6 Å². The number of hydrogen-bond donors (Lipinski definition) is 1. The van der Waals surface area contributed by atoms with Crippen molar-refractivity contribution in [3.63, 3.8) is 0 Å². The molecule has 0 fully saturated rings. The fraction of sp³-hybridized carbons (Fsp3) is 0.667. The molecule has 1 rings (SSSR count). The Morgan fingerprint density at radius 3 is 2.41 bits per heavy atom. The van der Waals surface area contributed by atoms with E-state index in [-0.39, 0.29) is 24.1 Å². The van der Waals surface area contributed by atoms with E-state index in [0.717, 1.165) is 7.11 Å². The molecule has 22 heavy (non-hydrogen) atoms. The van der Waals surface area contributed by atoms with Gasteiger partial charge in [-0.2, -0.15) is 27.8 Å². The Morgan fingerprint density at radius 2 is 1.82 bits per heavy atom. The van der Waals surface area contributed by atoms with Crippen LogP contribution in [0.15, 0.2) is 0 Å². The summed E-state index contributed by atoms with van der Waals surface area (Å²) >= 11 is 0. The Kier molecular flexibility index (Phi) is 6.52. The third-order valence-corrected chi connectivity index (χ3v) is 4.72. The molecule has 0 aromatic carbocycles. The molecule has 0 aliphatic rings. The van der Waals surface area contributed by atoms with Crippen molar-refractivity contribution in [2.75, 3.05) is 37.1 Å². The molecule has 0 unspecified atom stereocenters. The zero-order chi connectivity index (χ0) is 16.8. The molecule has 0 aliphatic carbocycles. The van der Waals surface area contributed by atoms with Gasteiger partial charge in [0, 0.05) is 6.54 Å². The number of nitrogens with zero attached hydrogens (tertiary/aromatic N) is 3. The molecule has 126 valence electrons. The average molecular weight is 358 g/mol. The molecule has 1 N–H and O–H groups in total. The summed E-state index contributed by atoms with van der Waals surface area (Å²) in [5.74, 6) is -0.785. The fourth-order valence-corrected chi connectivity index (χ4v) is 2.70. The van der Waals surface area contributed by atoms with Crippen molar-refractivity contribution in [1.82, 2.24) is 15.0 Å². The third kappa shape index (κ3) is 7.02. The highest BCUT2D eigenvalue weighted by molar-refractivity contribution is 7.91. The molecule has 0 bridgehead atoms. The lowest BCUT2D eigenvalue weighted by atomic mass is 10.6. The van der Waals surface area contributed by atoms with Crippen LogP contribution in [-0.2, 0) is 28.6 Å². The van der Waals surface area contributed by atoms with E-state index < -0.39 is 38.7 Å². The SMILES string of the molecule is COS(=O)(=O)OCCS(=O)(=O)CCNc1nc(C)nc(F)n1. The number of anilines is 1. The molecule has 0 saturated heterocycles. The largest absolute Gasteiger partial charge is 0.399 e. The first-order valence-electron chi connectivity index (χ1n) is 5.91. The Labute approximate surface area is 127 Å². The number of sulfone groups is 1. The standard InChI is InChI=1S/C9H15FN4O6S2/c1-7-12-8(10)14-9(13-7)11-3-5-21(15,16)6-4-20-22(17,18)19-2/h3-6H2,1-2H3,(H,11,12,13,14). The molecule has 0 radical (unpaired) electrons. The molecule has 1 aromatic rings. The van der Waals surface area contributed by atoms with E-state index in [0.29, 0.717) is 0 Å². The monoisotopic (exact) mass is 358 g/mol. The lowest BCUT2D eigenvalue weighted by molar-refractivity contribution is 0.255. The van der Waals surface area contributed by atoms with Crippen molar-refractivity contribution in [3.05, 3.63) is 11.9 Å². The van der Waals surface area contributed by atoms with E-state index in [1.807, 2.05) is 0 Å². The van der Waals surface area contributed by atoms with Gasteiger partial charge in [0.15, 0.2) is 9.84 Å². The number of aryl methyl sites for hydroxylation is 1. The molecule has 1 heterocycles. The van der Waals surface area contributed by atoms with Crippen molar-refractivity contribution in [3.8, 4) is 0 Å². The van der Waals surface area contributed by atoms with Crippen molar-refractivity contribution < 1.29 is 29.6 Å². The lowest BCUT2D eigenvalue weighted by Gasteiger charge is -2.07. The molecule has 0 spiro atoms. The minimum Gasteiger partial charge on any atom is -0.353 e. The second kappa shape index (κ2) is 7.71. The molecular weight excluding hydrogens is 343 g/mol. The highest BCUT2D eigenvalue weighted by Crippen LogP contribution is 2.01. The second-order valence-corrected chi connectivity index (χ2v) is 7.64. The average Bonchev–Trinajstić information content (AvgIpc) is 2.36. The van der Waals surface area contributed by atoms with Gasteiger partial charge in [0.05, 0.1) is 25.2 Å². The predicted octanol–water partition coefficient (Wildman–Crippen LogP) is -0.946. The van der Waals surface area contributed by atoms with Crippen LogP contribution in [-0.4, -0.2) is 63.6 Å². The van der Waals surface area contributed by atoms with Crippen LogP contribution in [0.25, 0.3) is 0 Å². The number of rotatable bonds is 9. The summed E-state index contributed by atoms with van der Waals surface area (Å²) in [6, 6.07) is 0. The van der Waals surface area contributed by atoms with Crippen LogP contribution in [0.4, 0.5) is 10.3 Å². The lowest BCUT2D eigenvalue weighted by Crippen LogP contribution is -2.23. The molecule has 0 saturated carbocycles. The fourth-order valence-electron chi connectivity index (χ4n) is 1.26. The zero-order valence-electron chi connectivity index (χ0n) is 11.8. The van der Waals surface area contributed by atoms with Crippen LogP contribution in [0.5, 0.6) is 0 Å². The Morgan fingerprint density at radius 1 is 1.14 bits per heavy atom. The predicted molar refractivity (Wildman–Crippen MR) is 73.5 cm³/mol. The van der Waals surface area contributed by atoms with Gasteiger partial charge >= 0.3 is 16.5 Å². The Hall–Kier alpha value is -1.44. The van der Waals surface area contributed by atoms with Crippen molar-refractivity contribution >= 4 is 26.2 Å². The zero-order valence-corrected chi connectivity index (χ0v) is 13.4. The van der Waals surface area contributed by atoms with Crippen LogP contribution < -0.4 is 5.32 Å². The van der Waals surface area contributed by atoms with Gasteiger partial charge in [-0.1, -0.05) is 0 Å². The van der Waals surface area contributed by atoms with Crippen molar-refractivity contribution in [1.29, 1.82) is 0 Å². The van der Waals surface area contributed by atoms with Crippen LogP contribution in [0.2, 0.25) is 0 Å². The van der Waals surface area contributed by atoms with Crippen LogP contribution in [0, 0.1) is 13.0 Å². The first kappa shape index (κ1) is 18.6. The summed E-state index contributed by atoms with van der Waals surface area (Å²) in [5, 5.41) is 2.54. The normalized spacial score (nSPS) is 12.3. The van der Waals surface area contributed by atoms with Gasteiger partial charge < -0.3 is 5.32 Å². The Bertz CT molecular complexity index is 689. The third-order valence-electron chi connectivity index (χ3n) is 2.24. The highest BCUT2D eigenvalue weighted by Gasteiger charge is 2.15. The second-order valence-electron chi connectivity index (χ2n) is 3.95. The molecule has 13 heteroatoms. The first-order chi connectivity index (χ1) is 10.1. The van der Waals surface area contributed by atoms with Crippen LogP contribution in [0.1, 0.15) is 5.82 Å². The summed E-state index contributed by atoms with van der Waals surface area (Å²) in [7, 11) is -6.85. The molecule has 0 aliphatic heterocycles. The van der Waals surface area contributed by atoms with E-state index in [9.17, 15) is 21.2 Å². The summed E-state index contributed by atoms with van der Waals surface area (Å²) in [5.41, 5.74) is 0. The minimum absolute atomic E-state index is 0.0811. The summed E-state index contributed by atoms with van der Waals surface area (Å²) in [6.07, 6.45) is -0.976. The smallest absolute Gasteiger partial charge is 0.353 e. The number of halogens is 1. The maximum atomic E-state index is 12.9. The maximum Gasteiger partial charge on any atom is 0.399 e. The first-order valence-corrected chi connectivity index (χ1v) is 9.06. The van der Waals surface area contributed by atoms with Gasteiger partial charge in [-0.25, -0.2) is 12.6 Å². The van der Waals surface area contributed by atoms with E-state index >= 15 is 0 Å². The maximum absolute atomic E-state index is 12.9. The highest BCUT2D eigenvalue weighted by atomic mass is 32.3.